The molecule has 0 radical (unpaired) electrons. The second-order valence-electron chi connectivity index (χ2n) is 7.54. The van der Waals surface area contributed by atoms with E-state index >= 15 is 0 Å². The van der Waals surface area contributed by atoms with E-state index < -0.39 is 11.5 Å². The van der Waals surface area contributed by atoms with Crippen molar-refractivity contribution in [3.8, 4) is 11.3 Å². The van der Waals surface area contributed by atoms with Crippen molar-refractivity contribution < 1.29 is 14.8 Å². The average molecular weight is 458 g/mol. The first-order valence-corrected chi connectivity index (χ1v) is 10.9. The molecule has 0 atom stereocenters. The molecule has 0 aliphatic rings. The highest BCUT2D eigenvalue weighted by Gasteiger charge is 2.20. The Balaban J connectivity index is 1.61. The second-order valence-corrected chi connectivity index (χ2v) is 8.76. The van der Waals surface area contributed by atoms with Crippen molar-refractivity contribution >= 4 is 44.7 Å². The number of hydrogen-bond acceptors (Lipinski definition) is 6. The van der Waals surface area contributed by atoms with Gasteiger partial charge in [-0.15, -0.1) is 11.3 Å². The van der Waals surface area contributed by atoms with Crippen LogP contribution in [0.5, 0.6) is 0 Å². The van der Waals surface area contributed by atoms with Gasteiger partial charge in [-0.25, -0.2) is 4.98 Å². The molecular weight excluding hydrogens is 440 g/mol. The van der Waals surface area contributed by atoms with Crippen LogP contribution >= 0.6 is 11.3 Å². The number of aromatic amines is 1. The normalized spacial score (nSPS) is 11.7. The Morgan fingerprint density at radius 1 is 1.30 bits per heavy atom. The van der Waals surface area contributed by atoms with E-state index in [1.807, 2.05) is 41.8 Å². The predicted octanol–water partition coefficient (Wildman–Crippen LogP) is 5.15. The lowest BCUT2D eigenvalue weighted by Gasteiger charge is -2.04. The molecule has 0 saturated heterocycles. The molecule has 0 bridgehead atoms. The number of carbonyl (C=O) groups excluding carboxylic acids is 1. The van der Waals surface area contributed by atoms with Crippen molar-refractivity contribution in [2.75, 3.05) is 0 Å². The van der Waals surface area contributed by atoms with Crippen LogP contribution in [0.4, 0.5) is 5.69 Å². The second kappa shape index (κ2) is 8.12. The SMILES string of the molecule is Cc1cn2c(/C=C/C(=O)c3c[nH]c4ccccc34)c(-c3ccc(CO)c([N+](=O)[O-])c3)nc2s1. The van der Waals surface area contributed by atoms with Crippen LogP contribution < -0.4 is 0 Å². The number of fused-ring (bicyclic) bond motifs is 2. The van der Waals surface area contributed by atoms with Gasteiger partial charge in [0.25, 0.3) is 5.69 Å². The smallest absolute Gasteiger partial charge is 0.275 e. The standard InChI is InChI=1S/C24H18N4O4S/c1-14-12-27-20(8-9-22(30)18-11-25-19-5-3-2-4-17(18)19)23(26-24(27)33-14)15-6-7-16(13-29)21(10-15)28(31)32/h2-12,25,29H,13H2,1H3/b9-8+. The van der Waals surface area contributed by atoms with Gasteiger partial charge in [0, 0.05) is 45.4 Å². The molecule has 0 aliphatic heterocycles. The van der Waals surface area contributed by atoms with Crippen LogP contribution in [-0.2, 0) is 6.61 Å². The summed E-state index contributed by atoms with van der Waals surface area (Å²) in [6.07, 6.45) is 6.79. The van der Waals surface area contributed by atoms with Crippen molar-refractivity contribution in [1.29, 1.82) is 0 Å². The summed E-state index contributed by atoms with van der Waals surface area (Å²) >= 11 is 1.49. The number of aryl methyl sites for hydroxylation is 1. The number of imidazole rings is 1. The Bertz CT molecular complexity index is 1570. The Morgan fingerprint density at radius 3 is 2.91 bits per heavy atom. The molecule has 5 aromatic rings. The van der Waals surface area contributed by atoms with Crippen LogP contribution in [0.2, 0.25) is 0 Å². The first-order chi connectivity index (χ1) is 16.0. The van der Waals surface area contributed by atoms with Crippen LogP contribution in [0.25, 0.3) is 33.2 Å². The number of nitrogens with one attached hydrogen (secondary N) is 1. The zero-order valence-corrected chi connectivity index (χ0v) is 18.3. The molecule has 0 amide bonds. The predicted molar refractivity (Wildman–Crippen MR) is 127 cm³/mol. The maximum atomic E-state index is 13.0. The van der Waals surface area contributed by atoms with Crippen molar-refractivity contribution in [3.63, 3.8) is 0 Å². The molecule has 5 rings (SSSR count). The number of allylic oxidation sites excluding steroid dienone is 1. The molecule has 8 nitrogen and oxygen atoms in total. The van der Waals surface area contributed by atoms with Crippen LogP contribution in [0.3, 0.4) is 0 Å². The van der Waals surface area contributed by atoms with Crippen molar-refractivity contribution in [2.24, 2.45) is 0 Å². The molecule has 3 heterocycles. The summed E-state index contributed by atoms with van der Waals surface area (Å²) in [5.41, 5.74) is 3.21. The van der Waals surface area contributed by atoms with Gasteiger partial charge in [-0.05, 0) is 31.2 Å². The van der Waals surface area contributed by atoms with Gasteiger partial charge in [-0.1, -0.05) is 24.3 Å². The summed E-state index contributed by atoms with van der Waals surface area (Å²) in [6, 6.07) is 12.2. The van der Waals surface area contributed by atoms with Gasteiger partial charge in [0.1, 0.15) is 0 Å². The quantitative estimate of drug-likeness (QED) is 0.158. The van der Waals surface area contributed by atoms with E-state index in [2.05, 4.69) is 9.97 Å². The summed E-state index contributed by atoms with van der Waals surface area (Å²) in [7, 11) is 0. The minimum Gasteiger partial charge on any atom is -0.391 e. The number of nitro groups is 1. The van der Waals surface area contributed by atoms with Gasteiger partial charge >= 0.3 is 0 Å². The molecule has 164 valence electrons. The van der Waals surface area contributed by atoms with E-state index in [1.165, 1.54) is 29.5 Å². The van der Waals surface area contributed by atoms with Crippen LogP contribution in [0.1, 0.15) is 26.5 Å². The topological polar surface area (TPSA) is 114 Å². The molecule has 3 aromatic heterocycles. The van der Waals surface area contributed by atoms with Gasteiger partial charge in [-0.3, -0.25) is 19.3 Å². The molecule has 9 heteroatoms. The zero-order chi connectivity index (χ0) is 23.1. The van der Waals surface area contributed by atoms with Gasteiger partial charge < -0.3 is 10.1 Å². The summed E-state index contributed by atoms with van der Waals surface area (Å²) < 4.78 is 1.88. The Morgan fingerprint density at radius 2 is 2.12 bits per heavy atom. The highest BCUT2D eigenvalue weighted by molar-refractivity contribution is 7.17. The molecule has 0 fully saturated rings. The fraction of sp³-hybridized carbons (Fsp3) is 0.0833. The van der Waals surface area contributed by atoms with E-state index in [0.29, 0.717) is 22.5 Å². The number of rotatable bonds is 6. The maximum Gasteiger partial charge on any atom is 0.275 e. The number of H-pyrrole nitrogens is 1. The van der Waals surface area contributed by atoms with E-state index in [9.17, 15) is 20.0 Å². The third-order valence-electron chi connectivity index (χ3n) is 5.45. The van der Waals surface area contributed by atoms with E-state index in [4.69, 9.17) is 0 Å². The van der Waals surface area contributed by atoms with E-state index in [1.54, 1.807) is 18.3 Å². The van der Waals surface area contributed by atoms with Crippen LogP contribution in [-0.4, -0.2) is 30.2 Å². The lowest BCUT2D eigenvalue weighted by atomic mass is 10.0. The number of carbonyl (C=O) groups is 1. The minimum atomic E-state index is -0.520. The maximum absolute atomic E-state index is 13.0. The first kappa shape index (κ1) is 20.8. The fourth-order valence-corrected chi connectivity index (χ4v) is 4.71. The minimum absolute atomic E-state index is 0.165. The Kier molecular flexibility index (Phi) is 5.12. The summed E-state index contributed by atoms with van der Waals surface area (Å²) in [5.74, 6) is -0.165. The van der Waals surface area contributed by atoms with Crippen LogP contribution in [0.15, 0.2) is 60.9 Å². The van der Waals surface area contributed by atoms with Crippen molar-refractivity contribution in [3.05, 3.63) is 92.7 Å². The average Bonchev–Trinajstić information content (AvgIpc) is 3.49. The summed E-state index contributed by atoms with van der Waals surface area (Å²) in [4.78, 5) is 33.5. The van der Waals surface area contributed by atoms with E-state index in [0.717, 1.165) is 20.7 Å². The number of aliphatic hydroxyl groups is 1. The molecule has 0 saturated carbocycles. The Hall–Kier alpha value is -4.08. The zero-order valence-electron chi connectivity index (χ0n) is 17.5. The lowest BCUT2D eigenvalue weighted by Crippen LogP contribution is -1.97. The number of aromatic nitrogens is 3. The number of thiazole rings is 1. The van der Waals surface area contributed by atoms with Gasteiger partial charge in [0.2, 0.25) is 0 Å². The number of ketones is 1. The summed E-state index contributed by atoms with van der Waals surface area (Å²) in [5, 5.41) is 21.8. The molecule has 0 aliphatic carbocycles. The molecule has 0 spiro atoms. The number of hydrogen-bond donors (Lipinski definition) is 2. The van der Waals surface area contributed by atoms with Crippen molar-refractivity contribution in [1.82, 2.24) is 14.4 Å². The molecule has 2 N–H and O–H groups in total. The molecular formula is C24H18N4O4S. The lowest BCUT2D eigenvalue weighted by molar-refractivity contribution is -0.385. The van der Waals surface area contributed by atoms with Crippen molar-refractivity contribution in [2.45, 2.75) is 13.5 Å². The Labute approximate surface area is 191 Å². The number of benzene rings is 2. The highest BCUT2D eigenvalue weighted by Crippen LogP contribution is 2.33. The van der Waals surface area contributed by atoms with Gasteiger partial charge in [0.15, 0.2) is 10.7 Å². The number of aliphatic hydroxyl groups excluding tert-OH is 1. The van der Waals surface area contributed by atoms with Gasteiger partial charge in [0.05, 0.1) is 28.5 Å². The number of nitrogens with zero attached hydrogens (tertiary/aromatic N) is 3. The molecule has 0 unspecified atom stereocenters. The van der Waals surface area contributed by atoms with E-state index in [-0.39, 0.29) is 17.0 Å². The number of para-hydroxylation sites is 1. The molecule has 2 aromatic carbocycles. The third kappa shape index (κ3) is 3.63. The monoisotopic (exact) mass is 458 g/mol. The van der Waals surface area contributed by atoms with Gasteiger partial charge in [-0.2, -0.15) is 0 Å². The largest absolute Gasteiger partial charge is 0.391 e. The first-order valence-electron chi connectivity index (χ1n) is 10.1. The highest BCUT2D eigenvalue weighted by atomic mass is 32.1. The van der Waals surface area contributed by atoms with Crippen LogP contribution in [0, 0.1) is 17.0 Å². The summed E-state index contributed by atoms with van der Waals surface area (Å²) in [6.45, 7) is 1.53. The number of nitro benzene ring substituents is 1. The third-order valence-corrected chi connectivity index (χ3v) is 6.35. The fourth-order valence-electron chi connectivity index (χ4n) is 3.88. The molecule has 33 heavy (non-hydrogen) atoms.